The maximum atomic E-state index is 14.8. The van der Waals surface area contributed by atoms with Crippen molar-refractivity contribution in [3.8, 4) is 5.75 Å². The minimum Gasteiger partial charge on any atom is -0.490 e. The molecule has 0 atom stereocenters. The van der Waals surface area contributed by atoms with Gasteiger partial charge >= 0.3 is 0 Å². The number of halogens is 2. The van der Waals surface area contributed by atoms with E-state index in [4.69, 9.17) is 4.74 Å². The molecular weight excluding hydrogens is 474 g/mol. The molecule has 2 aromatic rings. The summed E-state index contributed by atoms with van der Waals surface area (Å²) < 4.78 is 34.8. The Morgan fingerprint density at radius 2 is 1.42 bits per heavy atom. The van der Waals surface area contributed by atoms with Crippen molar-refractivity contribution in [3.63, 3.8) is 0 Å². The molecule has 0 saturated heterocycles. The summed E-state index contributed by atoms with van der Waals surface area (Å²) in [6.07, 6.45) is 21.2. The van der Waals surface area contributed by atoms with Crippen LogP contribution in [0.2, 0.25) is 0 Å². The molecule has 0 aliphatic heterocycles. The van der Waals surface area contributed by atoms with Gasteiger partial charge in [0.1, 0.15) is 0 Å². The molecule has 0 radical (unpaired) electrons. The summed E-state index contributed by atoms with van der Waals surface area (Å²) in [5.41, 5.74) is 3.41. The molecule has 0 amide bonds. The van der Waals surface area contributed by atoms with Gasteiger partial charge in [0, 0.05) is 0 Å². The Hall–Kier alpha value is -2.42. The van der Waals surface area contributed by atoms with Crippen LogP contribution in [-0.2, 0) is 12.8 Å². The molecule has 2 aromatic carbocycles. The second kappa shape index (κ2) is 14.7. The average molecular weight is 521 g/mol. The zero-order valence-corrected chi connectivity index (χ0v) is 23.3. The van der Waals surface area contributed by atoms with Gasteiger partial charge in [-0.15, -0.1) is 6.58 Å². The minimum absolute atomic E-state index is 0.00802. The van der Waals surface area contributed by atoms with Crippen LogP contribution in [0.1, 0.15) is 100 Å². The molecule has 4 rings (SSSR count). The van der Waals surface area contributed by atoms with Crippen LogP contribution in [0, 0.1) is 29.4 Å². The van der Waals surface area contributed by atoms with Crippen LogP contribution in [0.4, 0.5) is 8.78 Å². The highest BCUT2D eigenvalue weighted by Gasteiger charge is 2.32. The van der Waals surface area contributed by atoms with Crippen LogP contribution in [0.3, 0.4) is 0 Å². The first-order chi connectivity index (χ1) is 18.6. The molecule has 2 aliphatic rings. The Labute approximate surface area is 229 Å². The van der Waals surface area contributed by atoms with E-state index in [1.807, 2.05) is 0 Å². The molecule has 3 heteroatoms. The number of rotatable bonds is 12. The highest BCUT2D eigenvalue weighted by Crippen LogP contribution is 2.45. The number of ether oxygens (including phenoxy) is 1. The van der Waals surface area contributed by atoms with E-state index in [1.165, 1.54) is 49.7 Å². The van der Waals surface area contributed by atoms with Crippen LogP contribution in [0.15, 0.2) is 61.2 Å². The Balaban J connectivity index is 1.17. The summed E-state index contributed by atoms with van der Waals surface area (Å²) in [7, 11) is 0. The number of allylic oxidation sites excluding steroid dienone is 2. The lowest BCUT2D eigenvalue weighted by atomic mass is 9.68. The molecule has 2 aliphatic carbocycles. The summed E-state index contributed by atoms with van der Waals surface area (Å²) in [5.74, 6) is 0.818. The van der Waals surface area contributed by atoms with Gasteiger partial charge in [-0.05, 0) is 123 Å². The molecule has 206 valence electrons. The zero-order chi connectivity index (χ0) is 26.7. The molecule has 1 nitrogen and oxygen atoms in total. The van der Waals surface area contributed by atoms with Crippen LogP contribution < -0.4 is 4.74 Å². The first-order valence-corrected chi connectivity index (χ1v) is 15.0. The van der Waals surface area contributed by atoms with E-state index in [9.17, 15) is 8.78 Å². The molecule has 0 bridgehead atoms. The second-order valence-corrected chi connectivity index (χ2v) is 11.5. The molecule has 0 heterocycles. The summed E-state index contributed by atoms with van der Waals surface area (Å²) in [5, 5.41) is 0. The maximum Gasteiger partial charge on any atom is 0.200 e. The fourth-order valence-electron chi connectivity index (χ4n) is 6.64. The SMILES string of the molecule is C=CCCOc1ccc(C2CCC(C3CCC(/C=C/CCc4ccc(CCC)cc4)CC3)CC2)c(F)c1F. The van der Waals surface area contributed by atoms with E-state index >= 15 is 0 Å². The van der Waals surface area contributed by atoms with Gasteiger partial charge in [0.2, 0.25) is 5.82 Å². The predicted molar refractivity (Wildman–Crippen MR) is 155 cm³/mol. The van der Waals surface area contributed by atoms with E-state index in [-0.39, 0.29) is 11.7 Å². The van der Waals surface area contributed by atoms with Crippen molar-refractivity contribution in [2.45, 2.75) is 96.3 Å². The largest absolute Gasteiger partial charge is 0.490 e. The van der Waals surface area contributed by atoms with Gasteiger partial charge in [-0.1, -0.05) is 61.9 Å². The molecule has 0 aromatic heterocycles. The maximum absolute atomic E-state index is 14.8. The van der Waals surface area contributed by atoms with Crippen LogP contribution >= 0.6 is 0 Å². The summed E-state index contributed by atoms with van der Waals surface area (Å²) in [6, 6.07) is 12.5. The lowest BCUT2D eigenvalue weighted by molar-refractivity contribution is 0.170. The summed E-state index contributed by atoms with van der Waals surface area (Å²) in [4.78, 5) is 0. The summed E-state index contributed by atoms with van der Waals surface area (Å²) in [6.45, 7) is 6.17. The highest BCUT2D eigenvalue weighted by atomic mass is 19.2. The van der Waals surface area contributed by atoms with Gasteiger partial charge in [0.15, 0.2) is 11.6 Å². The quantitative estimate of drug-likeness (QED) is 0.200. The topological polar surface area (TPSA) is 9.23 Å². The molecule has 0 spiro atoms. The third-order valence-corrected chi connectivity index (χ3v) is 8.92. The van der Waals surface area contributed by atoms with E-state index in [1.54, 1.807) is 18.2 Å². The monoisotopic (exact) mass is 520 g/mol. The molecule has 2 saturated carbocycles. The highest BCUT2D eigenvalue weighted by molar-refractivity contribution is 5.33. The minimum atomic E-state index is -0.843. The standard InChI is InChI=1S/C35H46F2O/c1-3-5-25-38-33-24-23-32(34(36)35(33)37)31-21-19-30(20-22-31)29-17-15-28(16-18-29)10-7-6-9-27-13-11-26(8-4-2)12-14-27/h3,7,10-14,23-24,28-31H,1,4-6,8-9,15-22,25H2,2H3/b10-7+. The van der Waals surface area contributed by atoms with Crippen molar-refractivity contribution in [1.29, 1.82) is 0 Å². The fraction of sp³-hybridized carbons (Fsp3) is 0.543. The normalized spacial score (nSPS) is 24.0. The van der Waals surface area contributed by atoms with Crippen LogP contribution in [0.25, 0.3) is 0 Å². The first-order valence-electron chi connectivity index (χ1n) is 15.0. The Morgan fingerprint density at radius 1 is 0.789 bits per heavy atom. The number of hydrogen-bond acceptors (Lipinski definition) is 1. The first kappa shape index (κ1) is 28.6. The van der Waals surface area contributed by atoms with Gasteiger partial charge < -0.3 is 4.74 Å². The second-order valence-electron chi connectivity index (χ2n) is 11.5. The smallest absolute Gasteiger partial charge is 0.200 e. The molecular formula is C35H46F2O. The van der Waals surface area contributed by atoms with Gasteiger partial charge in [0.25, 0.3) is 0 Å². The van der Waals surface area contributed by atoms with Crippen molar-refractivity contribution >= 4 is 0 Å². The van der Waals surface area contributed by atoms with Crippen molar-refractivity contribution < 1.29 is 13.5 Å². The van der Waals surface area contributed by atoms with Crippen molar-refractivity contribution in [2.24, 2.45) is 17.8 Å². The third-order valence-electron chi connectivity index (χ3n) is 8.92. The van der Waals surface area contributed by atoms with E-state index in [0.29, 0.717) is 18.6 Å². The van der Waals surface area contributed by atoms with Crippen LogP contribution in [-0.4, -0.2) is 6.61 Å². The Morgan fingerprint density at radius 3 is 2.05 bits per heavy atom. The van der Waals surface area contributed by atoms with Gasteiger partial charge in [-0.3, -0.25) is 0 Å². The third kappa shape index (κ3) is 7.80. The molecule has 38 heavy (non-hydrogen) atoms. The predicted octanol–water partition coefficient (Wildman–Crippen LogP) is 10.1. The van der Waals surface area contributed by atoms with E-state index in [2.05, 4.69) is 49.9 Å². The fourth-order valence-corrected chi connectivity index (χ4v) is 6.64. The Kier molecular flexibility index (Phi) is 11.0. The Bertz CT molecular complexity index is 1020. The van der Waals surface area contributed by atoms with Gasteiger partial charge in [-0.25, -0.2) is 4.39 Å². The molecule has 2 fully saturated rings. The number of hydrogen-bond donors (Lipinski definition) is 0. The molecule has 0 unspecified atom stereocenters. The van der Waals surface area contributed by atoms with E-state index in [0.717, 1.165) is 56.3 Å². The number of aryl methyl sites for hydroxylation is 2. The van der Waals surface area contributed by atoms with E-state index < -0.39 is 11.6 Å². The lowest BCUT2D eigenvalue weighted by Crippen LogP contribution is -2.25. The number of benzene rings is 2. The molecule has 0 N–H and O–H groups in total. The van der Waals surface area contributed by atoms with Crippen LogP contribution in [0.5, 0.6) is 5.75 Å². The van der Waals surface area contributed by atoms with Crippen molar-refractivity contribution in [2.75, 3.05) is 6.61 Å². The zero-order valence-electron chi connectivity index (χ0n) is 23.3. The van der Waals surface area contributed by atoms with Gasteiger partial charge in [-0.2, -0.15) is 4.39 Å². The summed E-state index contributed by atoms with van der Waals surface area (Å²) >= 11 is 0. The van der Waals surface area contributed by atoms with Crippen molar-refractivity contribution in [3.05, 3.63) is 89.5 Å². The average Bonchev–Trinajstić information content (AvgIpc) is 2.95. The van der Waals surface area contributed by atoms with Gasteiger partial charge in [0.05, 0.1) is 6.61 Å². The van der Waals surface area contributed by atoms with Crippen molar-refractivity contribution in [1.82, 2.24) is 0 Å². The lowest BCUT2D eigenvalue weighted by Gasteiger charge is -2.37.